The van der Waals surface area contributed by atoms with Gasteiger partial charge in [-0.15, -0.1) is 0 Å². The second-order valence-electron chi connectivity index (χ2n) is 6.99. The summed E-state index contributed by atoms with van der Waals surface area (Å²) in [7, 11) is 0. The first-order chi connectivity index (χ1) is 13.0. The van der Waals surface area contributed by atoms with Crippen molar-refractivity contribution in [3.05, 3.63) is 70.0 Å². The first kappa shape index (κ1) is 19.9. The average molecular weight is 404 g/mol. The van der Waals surface area contributed by atoms with E-state index < -0.39 is 0 Å². The summed E-state index contributed by atoms with van der Waals surface area (Å²) in [5.74, 6) is 0.906. The minimum atomic E-state index is -0.0850. The first-order valence-corrected chi connectivity index (χ1v) is 10.1. The van der Waals surface area contributed by atoms with Gasteiger partial charge in [-0.3, -0.25) is 4.79 Å². The van der Waals surface area contributed by atoms with Gasteiger partial charge in [0, 0.05) is 0 Å². The minimum Gasteiger partial charge on any atom is -0.484 e. The van der Waals surface area contributed by atoms with Crippen LogP contribution in [0.15, 0.2) is 48.6 Å². The van der Waals surface area contributed by atoms with Crippen molar-refractivity contribution >= 4 is 29.0 Å². The molecule has 27 heavy (non-hydrogen) atoms. The lowest BCUT2D eigenvalue weighted by molar-refractivity contribution is 0.102. The number of rotatable bonds is 7. The molecule has 142 valence electrons. The fourth-order valence-corrected chi connectivity index (χ4v) is 3.97. The highest BCUT2D eigenvalue weighted by molar-refractivity contribution is 6.37. The molecule has 1 aromatic carbocycles. The second kappa shape index (κ2) is 9.38. The Hall–Kier alpha value is -1.84. The SMILES string of the molecule is C=C(CC1CCCCC1)C(=O)c1cccc(COc2c(Cl)cccc2Cl)n1. The van der Waals surface area contributed by atoms with Crippen molar-refractivity contribution in [1.29, 1.82) is 0 Å². The van der Waals surface area contributed by atoms with Gasteiger partial charge in [0.2, 0.25) is 5.78 Å². The van der Waals surface area contributed by atoms with E-state index in [2.05, 4.69) is 11.6 Å². The maximum absolute atomic E-state index is 12.7. The Morgan fingerprint density at radius 3 is 2.44 bits per heavy atom. The number of halogens is 2. The van der Waals surface area contributed by atoms with Crippen LogP contribution in [0.2, 0.25) is 10.0 Å². The van der Waals surface area contributed by atoms with Crippen LogP contribution in [-0.2, 0) is 6.61 Å². The molecule has 3 rings (SSSR count). The van der Waals surface area contributed by atoms with Crippen molar-refractivity contribution in [2.24, 2.45) is 5.92 Å². The van der Waals surface area contributed by atoms with Gasteiger partial charge in [0.05, 0.1) is 15.7 Å². The molecule has 0 saturated heterocycles. The van der Waals surface area contributed by atoms with Crippen molar-refractivity contribution in [2.45, 2.75) is 45.1 Å². The van der Waals surface area contributed by atoms with E-state index in [-0.39, 0.29) is 12.4 Å². The summed E-state index contributed by atoms with van der Waals surface area (Å²) < 4.78 is 5.71. The van der Waals surface area contributed by atoms with Crippen LogP contribution in [0.4, 0.5) is 0 Å². The number of allylic oxidation sites excluding steroid dienone is 1. The zero-order valence-corrected chi connectivity index (χ0v) is 16.7. The lowest BCUT2D eigenvalue weighted by atomic mass is 9.84. The van der Waals surface area contributed by atoms with E-state index in [1.54, 1.807) is 30.3 Å². The van der Waals surface area contributed by atoms with Crippen molar-refractivity contribution in [1.82, 2.24) is 4.98 Å². The summed E-state index contributed by atoms with van der Waals surface area (Å²) in [6, 6.07) is 10.5. The van der Waals surface area contributed by atoms with Crippen molar-refractivity contribution in [2.75, 3.05) is 0 Å². The molecule has 1 aliphatic rings. The summed E-state index contributed by atoms with van der Waals surface area (Å²) in [5, 5.41) is 0.881. The molecule has 0 amide bonds. The second-order valence-corrected chi connectivity index (χ2v) is 7.81. The molecule has 1 aliphatic carbocycles. The molecule has 1 saturated carbocycles. The number of pyridine rings is 1. The lowest BCUT2D eigenvalue weighted by Crippen LogP contribution is -2.13. The largest absolute Gasteiger partial charge is 0.484 e. The number of ketones is 1. The standard InChI is InChI=1S/C22H23Cl2NO2/c1-15(13-16-7-3-2-4-8-16)21(26)20-12-5-9-17(25-20)14-27-22-18(23)10-6-11-19(22)24/h5-6,9-12,16H,1-4,7-8,13-14H2. The molecule has 0 bridgehead atoms. The molecule has 0 spiro atoms. The van der Waals surface area contributed by atoms with Crippen molar-refractivity contribution in [3.8, 4) is 5.75 Å². The number of benzene rings is 1. The molecule has 3 nitrogen and oxygen atoms in total. The molecule has 0 radical (unpaired) electrons. The summed E-state index contributed by atoms with van der Waals surface area (Å²) in [4.78, 5) is 17.1. The highest BCUT2D eigenvalue weighted by Crippen LogP contribution is 2.33. The van der Waals surface area contributed by atoms with E-state index in [1.165, 1.54) is 32.1 Å². The van der Waals surface area contributed by atoms with Crippen molar-refractivity contribution in [3.63, 3.8) is 0 Å². The van der Waals surface area contributed by atoms with Crippen LogP contribution in [0, 0.1) is 5.92 Å². The third-order valence-electron chi connectivity index (χ3n) is 4.90. The van der Waals surface area contributed by atoms with E-state index in [0.29, 0.717) is 38.7 Å². The predicted molar refractivity (Wildman–Crippen MR) is 110 cm³/mol. The van der Waals surface area contributed by atoms with Crippen LogP contribution in [-0.4, -0.2) is 10.8 Å². The number of ether oxygens (including phenoxy) is 1. The minimum absolute atomic E-state index is 0.0850. The summed E-state index contributed by atoms with van der Waals surface area (Å²) in [6.45, 7) is 4.20. The third-order valence-corrected chi connectivity index (χ3v) is 5.50. The normalized spacial score (nSPS) is 14.7. The predicted octanol–water partition coefficient (Wildman–Crippen LogP) is 6.68. The first-order valence-electron chi connectivity index (χ1n) is 9.30. The van der Waals surface area contributed by atoms with Crippen molar-refractivity contribution < 1.29 is 9.53 Å². The van der Waals surface area contributed by atoms with E-state index in [4.69, 9.17) is 27.9 Å². The van der Waals surface area contributed by atoms with Gasteiger partial charge in [-0.25, -0.2) is 4.98 Å². The molecular formula is C22H23Cl2NO2. The average Bonchev–Trinajstić information content (AvgIpc) is 2.68. The molecule has 0 aliphatic heterocycles. The molecule has 0 N–H and O–H groups in total. The van der Waals surface area contributed by atoms with Gasteiger partial charge in [0.25, 0.3) is 0 Å². The zero-order valence-electron chi connectivity index (χ0n) is 15.2. The number of para-hydroxylation sites is 1. The van der Waals surface area contributed by atoms with Gasteiger partial charge in [0.1, 0.15) is 12.3 Å². The molecule has 0 atom stereocenters. The summed E-state index contributed by atoms with van der Waals surface area (Å²) in [6.07, 6.45) is 6.94. The topological polar surface area (TPSA) is 39.2 Å². The number of Topliss-reactive ketones (excluding diaryl/α,β-unsaturated/α-hetero) is 1. The Morgan fingerprint density at radius 2 is 1.74 bits per heavy atom. The van der Waals surface area contributed by atoms with Crippen LogP contribution in [0.25, 0.3) is 0 Å². The van der Waals surface area contributed by atoms with Crippen LogP contribution in [0.1, 0.15) is 54.7 Å². The monoisotopic (exact) mass is 403 g/mol. The molecule has 1 heterocycles. The van der Waals surface area contributed by atoms with Crippen LogP contribution in [0.3, 0.4) is 0 Å². The molecule has 5 heteroatoms. The fraction of sp³-hybridized carbons (Fsp3) is 0.364. The van der Waals surface area contributed by atoms with Crippen LogP contribution < -0.4 is 4.74 Å². The van der Waals surface area contributed by atoms with Gasteiger partial charge >= 0.3 is 0 Å². The fourth-order valence-electron chi connectivity index (χ4n) is 3.47. The Morgan fingerprint density at radius 1 is 1.07 bits per heavy atom. The Bertz CT molecular complexity index is 809. The highest BCUT2D eigenvalue weighted by Gasteiger charge is 2.19. The van der Waals surface area contributed by atoms with Gasteiger partial charge in [-0.1, -0.05) is 74.0 Å². The molecule has 2 aromatic rings. The Kier molecular flexibility index (Phi) is 6.92. The maximum Gasteiger partial charge on any atom is 0.206 e. The van der Waals surface area contributed by atoms with Gasteiger partial charge in [-0.05, 0) is 42.2 Å². The molecular weight excluding hydrogens is 381 g/mol. The number of hydrogen-bond acceptors (Lipinski definition) is 3. The highest BCUT2D eigenvalue weighted by atomic mass is 35.5. The van der Waals surface area contributed by atoms with E-state index in [0.717, 1.165) is 6.42 Å². The molecule has 1 aromatic heterocycles. The number of aromatic nitrogens is 1. The lowest BCUT2D eigenvalue weighted by Gasteiger charge is -2.21. The van der Waals surface area contributed by atoms with E-state index in [9.17, 15) is 4.79 Å². The quantitative estimate of drug-likeness (QED) is 0.382. The van der Waals surface area contributed by atoms with Crippen LogP contribution >= 0.6 is 23.2 Å². The Balaban J connectivity index is 1.64. The smallest absolute Gasteiger partial charge is 0.206 e. The Labute approximate surface area is 170 Å². The maximum atomic E-state index is 12.7. The van der Waals surface area contributed by atoms with Gasteiger partial charge in [0.15, 0.2) is 5.75 Å². The number of carbonyl (C=O) groups excluding carboxylic acids is 1. The summed E-state index contributed by atoms with van der Waals surface area (Å²) >= 11 is 12.2. The van der Waals surface area contributed by atoms with Crippen LogP contribution in [0.5, 0.6) is 5.75 Å². The third kappa shape index (κ3) is 5.33. The molecule has 0 unspecified atom stereocenters. The van der Waals surface area contributed by atoms with E-state index >= 15 is 0 Å². The summed E-state index contributed by atoms with van der Waals surface area (Å²) in [5.41, 5.74) is 1.69. The zero-order chi connectivity index (χ0) is 19.2. The molecule has 1 fully saturated rings. The number of carbonyl (C=O) groups is 1. The van der Waals surface area contributed by atoms with E-state index in [1.807, 2.05) is 6.07 Å². The number of hydrogen-bond donors (Lipinski definition) is 0. The number of nitrogens with zero attached hydrogens (tertiary/aromatic N) is 1. The van der Waals surface area contributed by atoms with Gasteiger partial charge in [-0.2, -0.15) is 0 Å². The van der Waals surface area contributed by atoms with Gasteiger partial charge < -0.3 is 4.74 Å².